The van der Waals surface area contributed by atoms with Crippen LogP contribution in [0.15, 0.2) is 48.8 Å². The molecule has 0 amide bonds. The largest absolute Gasteiger partial charge is 0.497 e. The van der Waals surface area contributed by atoms with Crippen LogP contribution in [0.1, 0.15) is 44.7 Å². The van der Waals surface area contributed by atoms with Crippen molar-refractivity contribution in [3.8, 4) is 11.5 Å². The predicted octanol–water partition coefficient (Wildman–Crippen LogP) is 5.77. The van der Waals surface area contributed by atoms with Gasteiger partial charge in [0.25, 0.3) is 0 Å². The summed E-state index contributed by atoms with van der Waals surface area (Å²) < 4.78 is 13.4. The van der Waals surface area contributed by atoms with Gasteiger partial charge in [-0.2, -0.15) is 9.97 Å². The molecule has 2 aromatic heterocycles. The number of nitrogens with zero attached hydrogens (tertiary/aromatic N) is 5. The molecule has 1 N–H and O–H groups in total. The van der Waals surface area contributed by atoms with Gasteiger partial charge in [-0.25, -0.2) is 4.98 Å². The number of aromatic nitrogens is 4. The Bertz CT molecular complexity index is 1380. The number of nitrogens with one attached hydrogen (secondary N) is 1. The van der Waals surface area contributed by atoms with E-state index in [4.69, 9.17) is 19.4 Å². The van der Waals surface area contributed by atoms with Crippen molar-refractivity contribution in [2.24, 2.45) is 7.05 Å². The summed E-state index contributed by atoms with van der Waals surface area (Å²) in [6, 6.07) is 14.3. The molecular formula is C29H36N6O2. The fourth-order valence-corrected chi connectivity index (χ4v) is 4.65. The second-order valence-electron chi connectivity index (χ2n) is 10.8. The molecule has 1 aliphatic rings. The molecule has 0 saturated carbocycles. The van der Waals surface area contributed by atoms with E-state index in [0.29, 0.717) is 11.6 Å². The zero-order valence-corrected chi connectivity index (χ0v) is 22.6. The van der Waals surface area contributed by atoms with Gasteiger partial charge in [-0.15, -0.1) is 0 Å². The molecule has 0 unspecified atom stereocenters. The molecule has 0 radical (unpaired) electrons. The van der Waals surface area contributed by atoms with Gasteiger partial charge >= 0.3 is 0 Å². The van der Waals surface area contributed by atoms with Gasteiger partial charge in [0, 0.05) is 38.7 Å². The molecule has 2 aromatic carbocycles. The van der Waals surface area contributed by atoms with E-state index in [9.17, 15) is 0 Å². The van der Waals surface area contributed by atoms with Crippen LogP contribution in [0.2, 0.25) is 0 Å². The highest BCUT2D eigenvalue weighted by Crippen LogP contribution is 2.32. The standard InChI is InChI=1S/C29H36N6O2/c1-19-7-8-20(29(2,3)4)17-24(19)31-27-25-26(30-18-34(25)5)32-28(33-27)35-15-13-23(14-16-35)37-22-11-9-21(36-6)10-12-22/h7-12,17-18,23H,13-16H2,1-6H3,(H,31,32,33). The molecule has 0 aliphatic carbocycles. The van der Waals surface area contributed by atoms with E-state index in [-0.39, 0.29) is 11.5 Å². The number of hydrogen-bond acceptors (Lipinski definition) is 7. The first-order chi connectivity index (χ1) is 17.7. The minimum Gasteiger partial charge on any atom is -0.497 e. The monoisotopic (exact) mass is 500 g/mol. The number of ether oxygens (including phenoxy) is 2. The van der Waals surface area contributed by atoms with E-state index in [2.05, 4.69) is 61.1 Å². The number of imidazole rings is 1. The van der Waals surface area contributed by atoms with Gasteiger partial charge < -0.3 is 24.3 Å². The van der Waals surface area contributed by atoms with Crippen LogP contribution in [-0.2, 0) is 12.5 Å². The van der Waals surface area contributed by atoms with E-state index in [0.717, 1.165) is 54.5 Å². The van der Waals surface area contributed by atoms with Crippen LogP contribution < -0.4 is 19.7 Å². The lowest BCUT2D eigenvalue weighted by Crippen LogP contribution is -2.39. The van der Waals surface area contributed by atoms with Crippen molar-refractivity contribution in [2.75, 3.05) is 30.4 Å². The average molecular weight is 501 g/mol. The first kappa shape index (κ1) is 24.9. The zero-order valence-electron chi connectivity index (χ0n) is 22.6. The SMILES string of the molecule is COc1ccc(OC2CCN(c3nc(Nc4cc(C(C)(C)C)ccc4C)c4c(ncn4C)n3)CC2)cc1. The van der Waals surface area contributed by atoms with Gasteiger partial charge in [0.15, 0.2) is 11.5 Å². The molecule has 1 fully saturated rings. The summed E-state index contributed by atoms with van der Waals surface area (Å²) in [7, 11) is 3.64. The first-order valence-electron chi connectivity index (χ1n) is 12.8. The quantitative estimate of drug-likeness (QED) is 0.360. The fraction of sp³-hybridized carbons (Fsp3) is 0.414. The summed E-state index contributed by atoms with van der Waals surface area (Å²) in [6.07, 6.45) is 3.74. The molecule has 0 atom stereocenters. The molecule has 4 aromatic rings. The number of fused-ring (bicyclic) bond motifs is 1. The third-order valence-electron chi connectivity index (χ3n) is 7.00. The highest BCUT2D eigenvalue weighted by molar-refractivity contribution is 5.87. The summed E-state index contributed by atoms with van der Waals surface area (Å²) in [5.41, 5.74) is 5.13. The summed E-state index contributed by atoms with van der Waals surface area (Å²) in [5.74, 6) is 3.16. The van der Waals surface area contributed by atoms with Gasteiger partial charge in [0.1, 0.15) is 23.1 Å². The number of rotatable bonds is 6. The van der Waals surface area contributed by atoms with Crippen molar-refractivity contribution < 1.29 is 9.47 Å². The van der Waals surface area contributed by atoms with Gasteiger partial charge in [0.05, 0.1) is 13.4 Å². The summed E-state index contributed by atoms with van der Waals surface area (Å²) >= 11 is 0. The normalized spacial score (nSPS) is 14.7. The molecule has 0 bridgehead atoms. The Hall–Kier alpha value is -3.81. The molecule has 1 aliphatic heterocycles. The Morgan fingerprint density at radius 2 is 1.68 bits per heavy atom. The van der Waals surface area contributed by atoms with Crippen LogP contribution >= 0.6 is 0 Å². The van der Waals surface area contributed by atoms with Crippen LogP contribution in [0, 0.1) is 6.92 Å². The summed E-state index contributed by atoms with van der Waals surface area (Å²) in [6.45, 7) is 10.4. The predicted molar refractivity (Wildman–Crippen MR) is 148 cm³/mol. The molecule has 8 nitrogen and oxygen atoms in total. The maximum absolute atomic E-state index is 6.22. The Morgan fingerprint density at radius 3 is 2.35 bits per heavy atom. The average Bonchev–Trinajstić information content (AvgIpc) is 3.26. The molecular weight excluding hydrogens is 464 g/mol. The lowest BCUT2D eigenvalue weighted by molar-refractivity contribution is 0.170. The maximum atomic E-state index is 6.22. The van der Waals surface area contributed by atoms with Gasteiger partial charge in [-0.05, 0) is 53.8 Å². The van der Waals surface area contributed by atoms with Crippen LogP contribution in [0.5, 0.6) is 11.5 Å². The van der Waals surface area contributed by atoms with Gasteiger partial charge in [-0.1, -0.05) is 32.9 Å². The molecule has 0 spiro atoms. The van der Waals surface area contributed by atoms with Crippen LogP contribution in [0.25, 0.3) is 11.2 Å². The Labute approximate surface area is 218 Å². The summed E-state index contributed by atoms with van der Waals surface area (Å²) in [5, 5.41) is 3.61. The second kappa shape index (κ2) is 9.92. The smallest absolute Gasteiger partial charge is 0.229 e. The number of hydrogen-bond donors (Lipinski definition) is 1. The van der Waals surface area contributed by atoms with Crippen LogP contribution in [-0.4, -0.2) is 45.8 Å². The Morgan fingerprint density at radius 1 is 0.973 bits per heavy atom. The number of benzene rings is 2. The lowest BCUT2D eigenvalue weighted by Gasteiger charge is -2.32. The van der Waals surface area contributed by atoms with E-state index in [1.807, 2.05) is 35.9 Å². The molecule has 3 heterocycles. The third kappa shape index (κ3) is 5.33. The highest BCUT2D eigenvalue weighted by Gasteiger charge is 2.24. The van der Waals surface area contributed by atoms with Crippen molar-refractivity contribution >= 4 is 28.6 Å². The molecule has 5 rings (SSSR count). The number of methoxy groups -OCH3 is 1. The van der Waals surface area contributed by atoms with Crippen LogP contribution in [0.4, 0.5) is 17.5 Å². The Balaban J connectivity index is 1.36. The maximum Gasteiger partial charge on any atom is 0.229 e. The second-order valence-corrected chi connectivity index (χ2v) is 10.8. The first-order valence-corrected chi connectivity index (χ1v) is 12.8. The van der Waals surface area contributed by atoms with E-state index >= 15 is 0 Å². The Kier molecular flexibility index (Phi) is 6.67. The number of piperidine rings is 1. The van der Waals surface area contributed by atoms with Crippen molar-refractivity contribution in [3.63, 3.8) is 0 Å². The minimum absolute atomic E-state index is 0.0566. The highest BCUT2D eigenvalue weighted by atomic mass is 16.5. The van der Waals surface area contributed by atoms with E-state index in [1.165, 1.54) is 11.1 Å². The van der Waals surface area contributed by atoms with E-state index in [1.54, 1.807) is 13.4 Å². The van der Waals surface area contributed by atoms with Gasteiger partial charge in [-0.3, -0.25) is 0 Å². The van der Waals surface area contributed by atoms with Crippen molar-refractivity contribution in [1.82, 2.24) is 19.5 Å². The van der Waals surface area contributed by atoms with Crippen molar-refractivity contribution in [3.05, 3.63) is 59.9 Å². The van der Waals surface area contributed by atoms with Gasteiger partial charge in [0.2, 0.25) is 5.95 Å². The molecule has 8 heteroatoms. The number of aryl methyl sites for hydroxylation is 2. The topological polar surface area (TPSA) is 77.3 Å². The molecule has 37 heavy (non-hydrogen) atoms. The third-order valence-corrected chi connectivity index (χ3v) is 7.00. The number of anilines is 3. The van der Waals surface area contributed by atoms with Crippen LogP contribution in [0.3, 0.4) is 0 Å². The molecule has 194 valence electrons. The lowest BCUT2D eigenvalue weighted by atomic mass is 9.86. The fourth-order valence-electron chi connectivity index (χ4n) is 4.65. The minimum atomic E-state index is 0.0566. The zero-order chi connectivity index (χ0) is 26.2. The van der Waals surface area contributed by atoms with E-state index < -0.39 is 0 Å². The van der Waals surface area contributed by atoms with Crippen molar-refractivity contribution in [1.29, 1.82) is 0 Å². The molecule has 1 saturated heterocycles. The van der Waals surface area contributed by atoms with Crippen molar-refractivity contribution in [2.45, 2.75) is 52.1 Å². The summed E-state index contributed by atoms with van der Waals surface area (Å²) in [4.78, 5) is 16.6.